The van der Waals surface area contributed by atoms with Crippen molar-refractivity contribution in [2.24, 2.45) is 0 Å². The molecule has 1 aromatic carbocycles. The highest BCUT2D eigenvalue weighted by atomic mass is 32.1. The van der Waals surface area contributed by atoms with E-state index in [2.05, 4.69) is 36.0 Å². The van der Waals surface area contributed by atoms with Gasteiger partial charge in [0.1, 0.15) is 5.75 Å². The molecule has 2 rings (SSSR count). The summed E-state index contributed by atoms with van der Waals surface area (Å²) >= 11 is 1.74. The highest BCUT2D eigenvalue weighted by molar-refractivity contribution is 7.07. The first-order chi connectivity index (χ1) is 9.69. The Morgan fingerprint density at radius 2 is 2.20 bits per heavy atom. The van der Waals surface area contributed by atoms with Gasteiger partial charge in [0.2, 0.25) is 0 Å². The molecule has 1 heterocycles. The molecule has 0 saturated carbocycles. The predicted octanol–water partition coefficient (Wildman–Crippen LogP) is 4.16. The number of nitrogens with two attached hydrogens (primary N) is 1. The van der Waals surface area contributed by atoms with Gasteiger partial charge in [-0.15, -0.1) is 0 Å². The maximum atomic E-state index is 5.92. The van der Waals surface area contributed by atoms with Crippen LogP contribution >= 0.6 is 11.3 Å². The number of nitrogens with one attached hydrogen (secondary N) is 1. The third-order valence-corrected chi connectivity index (χ3v) is 3.74. The molecule has 1 unspecified atom stereocenters. The number of anilines is 2. The van der Waals surface area contributed by atoms with Gasteiger partial charge in [-0.25, -0.2) is 0 Å². The van der Waals surface area contributed by atoms with Crippen molar-refractivity contribution < 1.29 is 4.74 Å². The van der Waals surface area contributed by atoms with Gasteiger partial charge >= 0.3 is 0 Å². The Balaban J connectivity index is 1.98. The third-order valence-electron chi connectivity index (χ3n) is 3.01. The quantitative estimate of drug-likeness (QED) is 0.753. The number of benzene rings is 1. The highest BCUT2D eigenvalue weighted by Crippen LogP contribution is 2.26. The fourth-order valence-electron chi connectivity index (χ4n) is 2.06. The van der Waals surface area contributed by atoms with Crippen LogP contribution in [0.15, 0.2) is 35.0 Å². The van der Waals surface area contributed by atoms with Crippen LogP contribution in [0.1, 0.15) is 25.8 Å². The van der Waals surface area contributed by atoms with E-state index in [4.69, 9.17) is 10.5 Å². The zero-order valence-electron chi connectivity index (χ0n) is 12.1. The van der Waals surface area contributed by atoms with Gasteiger partial charge in [-0.05, 0) is 54.3 Å². The number of hydrogen-bond acceptors (Lipinski definition) is 4. The first-order valence-corrected chi connectivity index (χ1v) is 7.93. The van der Waals surface area contributed by atoms with E-state index in [0.29, 0.717) is 18.3 Å². The second-order valence-corrected chi connectivity index (χ2v) is 5.76. The molecule has 3 nitrogen and oxygen atoms in total. The summed E-state index contributed by atoms with van der Waals surface area (Å²) < 4.78 is 5.65. The van der Waals surface area contributed by atoms with E-state index in [1.807, 2.05) is 18.2 Å². The maximum absolute atomic E-state index is 5.92. The minimum Gasteiger partial charge on any atom is -0.491 e. The molecule has 4 heteroatoms. The van der Waals surface area contributed by atoms with Crippen LogP contribution < -0.4 is 15.8 Å². The van der Waals surface area contributed by atoms with Crippen molar-refractivity contribution in [1.82, 2.24) is 0 Å². The summed E-state index contributed by atoms with van der Waals surface area (Å²) in [5.74, 6) is 0.764. The zero-order valence-corrected chi connectivity index (χ0v) is 12.9. The van der Waals surface area contributed by atoms with Gasteiger partial charge in [-0.1, -0.05) is 6.92 Å². The van der Waals surface area contributed by atoms with Crippen LogP contribution in [0.2, 0.25) is 0 Å². The van der Waals surface area contributed by atoms with Crippen LogP contribution in [-0.2, 0) is 6.42 Å². The van der Waals surface area contributed by atoms with Crippen molar-refractivity contribution in [2.45, 2.75) is 32.7 Å². The van der Waals surface area contributed by atoms with Gasteiger partial charge in [-0.3, -0.25) is 0 Å². The van der Waals surface area contributed by atoms with Gasteiger partial charge in [0.05, 0.1) is 12.3 Å². The van der Waals surface area contributed by atoms with E-state index in [9.17, 15) is 0 Å². The molecule has 0 fully saturated rings. The lowest BCUT2D eigenvalue weighted by Gasteiger charge is -2.16. The fourth-order valence-corrected chi connectivity index (χ4v) is 2.74. The number of rotatable bonds is 7. The van der Waals surface area contributed by atoms with Crippen LogP contribution in [0, 0.1) is 0 Å². The molecular weight excluding hydrogens is 268 g/mol. The van der Waals surface area contributed by atoms with Crippen LogP contribution in [0.4, 0.5) is 11.4 Å². The second kappa shape index (κ2) is 7.20. The van der Waals surface area contributed by atoms with Crippen LogP contribution in [0.25, 0.3) is 0 Å². The smallest absolute Gasteiger partial charge is 0.144 e. The SMILES string of the molecule is CCCOc1cc(NC(C)Cc2ccsc2)ccc1N. The lowest BCUT2D eigenvalue weighted by atomic mass is 10.1. The Hall–Kier alpha value is -1.68. The van der Waals surface area contributed by atoms with Crippen LogP contribution in [-0.4, -0.2) is 12.6 Å². The summed E-state index contributed by atoms with van der Waals surface area (Å²) in [4.78, 5) is 0. The van der Waals surface area contributed by atoms with E-state index in [1.54, 1.807) is 11.3 Å². The minimum absolute atomic E-state index is 0.368. The van der Waals surface area contributed by atoms with Crippen molar-refractivity contribution in [2.75, 3.05) is 17.7 Å². The molecule has 0 spiro atoms. The van der Waals surface area contributed by atoms with Crippen LogP contribution in [0.5, 0.6) is 5.75 Å². The van der Waals surface area contributed by atoms with Crippen LogP contribution in [0.3, 0.4) is 0 Å². The van der Waals surface area contributed by atoms with Crippen molar-refractivity contribution in [3.8, 4) is 5.75 Å². The third kappa shape index (κ3) is 4.17. The Bertz CT molecular complexity index is 525. The fraction of sp³-hybridized carbons (Fsp3) is 0.375. The van der Waals surface area contributed by atoms with Gasteiger partial charge in [0.15, 0.2) is 0 Å². The summed E-state index contributed by atoms with van der Waals surface area (Å²) in [7, 11) is 0. The van der Waals surface area contributed by atoms with Gasteiger partial charge in [0.25, 0.3) is 0 Å². The number of ether oxygens (including phenoxy) is 1. The molecule has 20 heavy (non-hydrogen) atoms. The normalized spacial score (nSPS) is 12.1. The number of hydrogen-bond donors (Lipinski definition) is 2. The molecule has 2 aromatic rings. The Kier molecular flexibility index (Phi) is 5.30. The Labute approximate surface area is 124 Å². The van der Waals surface area contributed by atoms with E-state index in [-0.39, 0.29) is 0 Å². The molecule has 108 valence electrons. The summed E-state index contributed by atoms with van der Waals surface area (Å²) in [5, 5.41) is 7.80. The Morgan fingerprint density at radius 3 is 2.90 bits per heavy atom. The predicted molar refractivity (Wildman–Crippen MR) is 87.7 cm³/mol. The molecule has 0 aliphatic carbocycles. The summed E-state index contributed by atoms with van der Waals surface area (Å²) in [6, 6.07) is 8.41. The largest absolute Gasteiger partial charge is 0.491 e. The molecule has 0 saturated heterocycles. The molecule has 0 aliphatic rings. The first-order valence-electron chi connectivity index (χ1n) is 6.99. The molecule has 1 aromatic heterocycles. The van der Waals surface area contributed by atoms with Gasteiger partial charge in [-0.2, -0.15) is 11.3 Å². The molecule has 0 radical (unpaired) electrons. The molecule has 0 amide bonds. The van der Waals surface area contributed by atoms with E-state index in [1.165, 1.54) is 5.56 Å². The van der Waals surface area contributed by atoms with E-state index in [0.717, 1.165) is 24.3 Å². The summed E-state index contributed by atoms with van der Waals surface area (Å²) in [6.07, 6.45) is 1.99. The monoisotopic (exact) mass is 290 g/mol. The lowest BCUT2D eigenvalue weighted by molar-refractivity contribution is 0.319. The van der Waals surface area contributed by atoms with Crippen molar-refractivity contribution in [3.05, 3.63) is 40.6 Å². The molecule has 1 atom stereocenters. The van der Waals surface area contributed by atoms with Crippen molar-refractivity contribution in [3.63, 3.8) is 0 Å². The second-order valence-electron chi connectivity index (χ2n) is 4.98. The lowest BCUT2D eigenvalue weighted by Crippen LogP contribution is -2.17. The molecular formula is C16H22N2OS. The summed E-state index contributed by atoms with van der Waals surface area (Å²) in [5.41, 5.74) is 9.03. The van der Waals surface area contributed by atoms with E-state index < -0.39 is 0 Å². The van der Waals surface area contributed by atoms with E-state index >= 15 is 0 Å². The van der Waals surface area contributed by atoms with Gasteiger partial charge in [0, 0.05) is 17.8 Å². The average molecular weight is 290 g/mol. The average Bonchev–Trinajstić information content (AvgIpc) is 2.92. The molecule has 0 bridgehead atoms. The first kappa shape index (κ1) is 14.7. The molecule has 3 N–H and O–H groups in total. The highest BCUT2D eigenvalue weighted by Gasteiger charge is 2.07. The topological polar surface area (TPSA) is 47.3 Å². The zero-order chi connectivity index (χ0) is 14.4. The molecule has 0 aliphatic heterocycles. The van der Waals surface area contributed by atoms with Crippen molar-refractivity contribution in [1.29, 1.82) is 0 Å². The number of nitrogen functional groups attached to an aromatic ring is 1. The van der Waals surface area contributed by atoms with Gasteiger partial charge < -0.3 is 15.8 Å². The van der Waals surface area contributed by atoms with Crippen molar-refractivity contribution >= 4 is 22.7 Å². The maximum Gasteiger partial charge on any atom is 0.144 e. The standard InChI is InChI=1S/C16H22N2OS/c1-3-7-19-16-10-14(4-5-15(16)17)18-12(2)9-13-6-8-20-11-13/h4-6,8,10-12,18H,3,7,9,17H2,1-2H3. The Morgan fingerprint density at radius 1 is 1.35 bits per heavy atom. The summed E-state index contributed by atoms with van der Waals surface area (Å²) in [6.45, 7) is 4.96. The number of thiophene rings is 1. The minimum atomic E-state index is 0.368.